The van der Waals surface area contributed by atoms with Gasteiger partial charge in [0.05, 0.1) is 9.99 Å². The van der Waals surface area contributed by atoms with Gasteiger partial charge in [0.1, 0.15) is 10.3 Å². The summed E-state index contributed by atoms with van der Waals surface area (Å²) in [5.74, 6) is 0. The fourth-order valence-corrected chi connectivity index (χ4v) is 4.47. The van der Waals surface area contributed by atoms with E-state index in [4.69, 9.17) is 4.74 Å². The average Bonchev–Trinajstić information content (AvgIpc) is 2.88. The highest BCUT2D eigenvalue weighted by Crippen LogP contribution is 2.27. The number of nitrogens with zero attached hydrogens (tertiary/aromatic N) is 2. The van der Waals surface area contributed by atoms with Crippen LogP contribution in [0.5, 0.6) is 0 Å². The lowest BCUT2D eigenvalue weighted by molar-refractivity contribution is 0.0186. The van der Waals surface area contributed by atoms with Gasteiger partial charge in [-0.1, -0.05) is 0 Å². The third kappa shape index (κ3) is 3.67. The van der Waals surface area contributed by atoms with Gasteiger partial charge in [0.25, 0.3) is 5.56 Å². The Bertz CT molecular complexity index is 916. The molecule has 1 aliphatic heterocycles. The molecule has 1 aliphatic rings. The molecule has 25 heavy (non-hydrogen) atoms. The molecule has 0 unspecified atom stereocenters. The van der Waals surface area contributed by atoms with Crippen molar-refractivity contribution in [2.75, 3.05) is 13.1 Å². The van der Waals surface area contributed by atoms with Crippen molar-refractivity contribution in [2.24, 2.45) is 0 Å². The fraction of sp³-hybridized carbons (Fsp3) is 0.562. The molecule has 1 amide bonds. The second-order valence-corrected chi connectivity index (χ2v) is 8.83. The molecule has 1 fully saturated rings. The van der Waals surface area contributed by atoms with E-state index in [1.54, 1.807) is 10.3 Å². The standard InChI is InChI=1S/C16H20BrN3O4S/c1-16(2,3)24-15(23)19-6-4-9(5-7-19)20-13(21)12-11(18-14(20)22)10(17)8-25-12/h8-9H,4-7H2,1-3H3,(H,18,22). The number of ether oxygens (including phenoxy) is 1. The minimum absolute atomic E-state index is 0.222. The summed E-state index contributed by atoms with van der Waals surface area (Å²) in [4.78, 5) is 41.6. The Morgan fingerprint density at radius 2 is 1.96 bits per heavy atom. The molecule has 9 heteroatoms. The molecular formula is C16H20BrN3O4S. The van der Waals surface area contributed by atoms with Crippen LogP contribution in [-0.2, 0) is 4.74 Å². The van der Waals surface area contributed by atoms with Crippen LogP contribution >= 0.6 is 27.3 Å². The molecule has 1 N–H and O–H groups in total. The summed E-state index contributed by atoms with van der Waals surface area (Å²) in [6.07, 6.45) is 0.727. The first-order valence-corrected chi connectivity index (χ1v) is 9.74. The molecule has 2 aromatic heterocycles. The van der Waals surface area contributed by atoms with E-state index in [9.17, 15) is 14.4 Å². The van der Waals surface area contributed by atoms with Crippen molar-refractivity contribution < 1.29 is 9.53 Å². The number of amides is 1. The van der Waals surface area contributed by atoms with Crippen LogP contribution in [0, 0.1) is 0 Å². The molecule has 0 aliphatic carbocycles. The Balaban J connectivity index is 1.80. The molecular weight excluding hydrogens is 410 g/mol. The van der Waals surface area contributed by atoms with Crippen molar-refractivity contribution in [3.63, 3.8) is 0 Å². The molecule has 3 heterocycles. The minimum atomic E-state index is -0.542. The van der Waals surface area contributed by atoms with E-state index in [1.807, 2.05) is 20.8 Å². The number of rotatable bonds is 1. The summed E-state index contributed by atoms with van der Waals surface area (Å²) < 4.78 is 7.91. The van der Waals surface area contributed by atoms with Crippen molar-refractivity contribution in [1.82, 2.24) is 14.5 Å². The zero-order valence-electron chi connectivity index (χ0n) is 14.3. The van der Waals surface area contributed by atoms with E-state index in [0.717, 1.165) is 0 Å². The number of aromatic amines is 1. The average molecular weight is 430 g/mol. The molecule has 0 spiro atoms. The number of carbonyl (C=O) groups excluding carboxylic acids is 1. The monoisotopic (exact) mass is 429 g/mol. The van der Waals surface area contributed by atoms with Crippen LogP contribution in [0.25, 0.3) is 10.2 Å². The Kier molecular flexibility index (Phi) is 4.80. The zero-order valence-corrected chi connectivity index (χ0v) is 16.7. The van der Waals surface area contributed by atoms with Crippen molar-refractivity contribution in [3.05, 3.63) is 30.7 Å². The van der Waals surface area contributed by atoms with Crippen LogP contribution in [0.4, 0.5) is 4.79 Å². The second-order valence-electron chi connectivity index (χ2n) is 7.09. The topological polar surface area (TPSA) is 84.4 Å². The summed E-state index contributed by atoms with van der Waals surface area (Å²) in [5.41, 5.74) is -0.681. The number of aromatic nitrogens is 2. The van der Waals surface area contributed by atoms with Crippen LogP contribution in [0.15, 0.2) is 19.4 Å². The van der Waals surface area contributed by atoms with E-state index < -0.39 is 11.3 Å². The number of carbonyl (C=O) groups is 1. The number of nitrogens with one attached hydrogen (secondary N) is 1. The predicted molar refractivity (Wildman–Crippen MR) is 100 cm³/mol. The van der Waals surface area contributed by atoms with E-state index >= 15 is 0 Å². The summed E-state index contributed by atoms with van der Waals surface area (Å²) in [6.45, 7) is 6.39. The van der Waals surface area contributed by atoms with E-state index in [2.05, 4.69) is 20.9 Å². The van der Waals surface area contributed by atoms with Gasteiger partial charge >= 0.3 is 11.8 Å². The van der Waals surface area contributed by atoms with Gasteiger partial charge in [-0.25, -0.2) is 9.59 Å². The number of piperidine rings is 1. The Morgan fingerprint density at radius 1 is 1.32 bits per heavy atom. The molecule has 7 nitrogen and oxygen atoms in total. The second kappa shape index (κ2) is 6.60. The number of thiophene rings is 1. The largest absolute Gasteiger partial charge is 0.444 e. The third-order valence-electron chi connectivity index (χ3n) is 4.09. The highest BCUT2D eigenvalue weighted by molar-refractivity contribution is 9.10. The van der Waals surface area contributed by atoms with Crippen molar-refractivity contribution in [3.8, 4) is 0 Å². The van der Waals surface area contributed by atoms with Gasteiger partial charge < -0.3 is 14.6 Å². The van der Waals surface area contributed by atoms with Crippen LogP contribution in [-0.4, -0.2) is 39.2 Å². The van der Waals surface area contributed by atoms with Crippen molar-refractivity contribution in [1.29, 1.82) is 0 Å². The molecule has 0 bridgehead atoms. The predicted octanol–water partition coefficient (Wildman–Crippen LogP) is 3.09. The maximum absolute atomic E-state index is 12.7. The zero-order chi connectivity index (χ0) is 18.4. The highest BCUT2D eigenvalue weighted by atomic mass is 79.9. The lowest BCUT2D eigenvalue weighted by atomic mass is 10.1. The molecule has 0 aromatic carbocycles. The summed E-state index contributed by atoms with van der Waals surface area (Å²) in [7, 11) is 0. The van der Waals surface area contributed by atoms with Crippen molar-refractivity contribution in [2.45, 2.75) is 45.3 Å². The van der Waals surface area contributed by atoms with Crippen LogP contribution < -0.4 is 11.2 Å². The van der Waals surface area contributed by atoms with E-state index in [1.165, 1.54) is 15.9 Å². The number of likely N-dealkylation sites (tertiary alicyclic amines) is 1. The van der Waals surface area contributed by atoms with E-state index in [0.29, 0.717) is 40.6 Å². The quantitative estimate of drug-likeness (QED) is 0.754. The molecule has 0 atom stereocenters. The third-order valence-corrected chi connectivity index (χ3v) is 5.99. The number of fused-ring (bicyclic) bond motifs is 1. The summed E-state index contributed by atoms with van der Waals surface area (Å²) in [6, 6.07) is -0.222. The maximum atomic E-state index is 12.7. The van der Waals surface area contributed by atoms with Crippen LogP contribution in [0.1, 0.15) is 39.7 Å². The molecule has 136 valence electrons. The lowest BCUT2D eigenvalue weighted by Crippen LogP contribution is -2.46. The molecule has 2 aromatic rings. The molecule has 3 rings (SSSR count). The number of hydrogen-bond donors (Lipinski definition) is 1. The van der Waals surface area contributed by atoms with Gasteiger partial charge in [-0.05, 0) is 49.5 Å². The summed E-state index contributed by atoms with van der Waals surface area (Å²) in [5, 5.41) is 1.79. The van der Waals surface area contributed by atoms with Crippen molar-refractivity contribution >= 4 is 43.6 Å². The first-order chi connectivity index (χ1) is 11.7. The molecule has 1 saturated heterocycles. The number of hydrogen-bond acceptors (Lipinski definition) is 5. The van der Waals surface area contributed by atoms with Gasteiger partial charge in [0, 0.05) is 24.5 Å². The minimum Gasteiger partial charge on any atom is -0.444 e. The molecule has 0 saturated carbocycles. The Labute approximate surface area is 156 Å². The number of halogens is 1. The van der Waals surface area contributed by atoms with Gasteiger partial charge in [0.2, 0.25) is 0 Å². The Hall–Kier alpha value is -1.61. The highest BCUT2D eigenvalue weighted by Gasteiger charge is 2.29. The van der Waals surface area contributed by atoms with Gasteiger partial charge in [-0.15, -0.1) is 11.3 Å². The number of H-pyrrole nitrogens is 1. The molecule has 0 radical (unpaired) electrons. The summed E-state index contributed by atoms with van der Waals surface area (Å²) >= 11 is 4.64. The normalized spacial score (nSPS) is 16.4. The van der Waals surface area contributed by atoms with Crippen LogP contribution in [0.3, 0.4) is 0 Å². The van der Waals surface area contributed by atoms with Gasteiger partial charge in [-0.3, -0.25) is 9.36 Å². The maximum Gasteiger partial charge on any atom is 0.410 e. The van der Waals surface area contributed by atoms with Crippen LogP contribution in [0.2, 0.25) is 0 Å². The Morgan fingerprint density at radius 3 is 2.56 bits per heavy atom. The van der Waals surface area contributed by atoms with E-state index in [-0.39, 0.29) is 17.7 Å². The SMILES string of the molecule is CC(C)(C)OC(=O)N1CCC(n2c(=O)[nH]c3c(Br)csc3c2=O)CC1. The van der Waals surface area contributed by atoms with Gasteiger partial charge in [0.15, 0.2) is 0 Å². The lowest BCUT2D eigenvalue weighted by Gasteiger charge is -2.33. The first-order valence-electron chi connectivity index (χ1n) is 8.07. The first kappa shape index (κ1) is 18.2. The smallest absolute Gasteiger partial charge is 0.410 e. The van der Waals surface area contributed by atoms with Gasteiger partial charge in [-0.2, -0.15) is 0 Å². The fourth-order valence-electron chi connectivity index (χ4n) is 2.94.